The molecule has 1 atom stereocenters. The Morgan fingerprint density at radius 2 is 2.11 bits per heavy atom. The number of nitrogens with one attached hydrogen (secondary N) is 2. The normalized spacial score (nSPS) is 12.0. The number of thioether (sulfide) groups is 1. The molecule has 2 amide bonds. The number of hydrogen-bond acceptors (Lipinski definition) is 2. The first-order valence-corrected chi connectivity index (χ1v) is 7.56. The van der Waals surface area contributed by atoms with E-state index in [-0.39, 0.29) is 12.1 Å². The Hall–Kier alpha value is -1.16. The lowest BCUT2D eigenvalue weighted by molar-refractivity contribution is 0.249. The molecule has 0 radical (unpaired) electrons. The average molecular weight is 266 g/mol. The summed E-state index contributed by atoms with van der Waals surface area (Å²) in [6, 6.07) is 6.07. The summed E-state index contributed by atoms with van der Waals surface area (Å²) in [5, 5.41) is 5.83. The minimum absolute atomic E-state index is 0.129. The number of benzene rings is 1. The van der Waals surface area contributed by atoms with Gasteiger partial charge in [0.05, 0.1) is 0 Å². The molecular weight excluding hydrogens is 244 g/mol. The Kier molecular flexibility index (Phi) is 6.05. The monoisotopic (exact) mass is 266 g/mol. The number of carbonyl (C=O) groups is 1. The summed E-state index contributed by atoms with van der Waals surface area (Å²) in [4.78, 5) is 11.8. The minimum Gasteiger partial charge on any atom is -0.335 e. The number of carbonyl (C=O) groups excluding carboxylic acids is 1. The molecular formula is C14H22N2OS. The average Bonchev–Trinajstić information content (AvgIpc) is 2.30. The summed E-state index contributed by atoms with van der Waals surface area (Å²) < 4.78 is 0. The van der Waals surface area contributed by atoms with Gasteiger partial charge in [0.15, 0.2) is 0 Å². The maximum Gasteiger partial charge on any atom is 0.319 e. The van der Waals surface area contributed by atoms with Crippen LogP contribution in [-0.2, 0) is 0 Å². The van der Waals surface area contributed by atoms with Gasteiger partial charge in [-0.3, -0.25) is 0 Å². The summed E-state index contributed by atoms with van der Waals surface area (Å²) in [5.41, 5.74) is 3.16. The molecule has 0 aliphatic heterocycles. The fraction of sp³-hybridized carbons (Fsp3) is 0.500. The molecule has 0 aromatic heterocycles. The van der Waals surface area contributed by atoms with Crippen LogP contribution in [0.4, 0.5) is 10.5 Å². The van der Waals surface area contributed by atoms with E-state index in [4.69, 9.17) is 0 Å². The number of amides is 2. The molecule has 0 aliphatic carbocycles. The van der Waals surface area contributed by atoms with Gasteiger partial charge in [0.25, 0.3) is 0 Å². The number of aryl methyl sites for hydroxylation is 2. The van der Waals surface area contributed by atoms with Crippen molar-refractivity contribution >= 4 is 23.5 Å². The van der Waals surface area contributed by atoms with Gasteiger partial charge in [-0.15, -0.1) is 0 Å². The van der Waals surface area contributed by atoms with E-state index in [1.165, 1.54) is 5.56 Å². The molecule has 4 heteroatoms. The van der Waals surface area contributed by atoms with Crippen LogP contribution >= 0.6 is 11.8 Å². The first-order valence-electron chi connectivity index (χ1n) is 6.16. The highest BCUT2D eigenvalue weighted by Gasteiger charge is 2.08. The molecule has 0 saturated carbocycles. The van der Waals surface area contributed by atoms with Gasteiger partial charge in [-0.25, -0.2) is 4.79 Å². The summed E-state index contributed by atoms with van der Waals surface area (Å²) >= 11 is 1.79. The molecule has 18 heavy (non-hydrogen) atoms. The highest BCUT2D eigenvalue weighted by molar-refractivity contribution is 7.98. The van der Waals surface area contributed by atoms with Crippen molar-refractivity contribution < 1.29 is 4.79 Å². The maximum absolute atomic E-state index is 11.8. The molecule has 1 aromatic rings. The van der Waals surface area contributed by atoms with E-state index in [1.54, 1.807) is 11.8 Å². The van der Waals surface area contributed by atoms with Gasteiger partial charge >= 0.3 is 6.03 Å². The standard InChI is InChI=1S/C14H22N2OS/c1-10-5-6-13(11(2)9-10)16-14(17)15-12(3)7-8-18-4/h5-6,9,12H,7-8H2,1-4H3,(H2,15,16,17)/t12-/m1/s1. The predicted molar refractivity (Wildman–Crippen MR) is 80.5 cm³/mol. The minimum atomic E-state index is -0.129. The van der Waals surface area contributed by atoms with E-state index >= 15 is 0 Å². The van der Waals surface area contributed by atoms with Crippen LogP contribution in [0.1, 0.15) is 24.5 Å². The van der Waals surface area contributed by atoms with Gasteiger partial charge in [-0.2, -0.15) is 11.8 Å². The van der Waals surface area contributed by atoms with E-state index in [1.807, 2.05) is 32.9 Å². The molecule has 0 aliphatic rings. The van der Waals surface area contributed by atoms with Crippen LogP contribution in [0.5, 0.6) is 0 Å². The first kappa shape index (κ1) is 14.9. The summed E-state index contributed by atoms with van der Waals surface area (Å²) in [7, 11) is 0. The number of rotatable bonds is 5. The molecule has 2 N–H and O–H groups in total. The third-order valence-corrected chi connectivity index (χ3v) is 3.41. The summed E-state index contributed by atoms with van der Waals surface area (Å²) in [6.45, 7) is 6.07. The van der Waals surface area contributed by atoms with Crippen molar-refractivity contribution in [3.05, 3.63) is 29.3 Å². The smallest absolute Gasteiger partial charge is 0.319 e. The van der Waals surface area contributed by atoms with Gasteiger partial charge in [-0.1, -0.05) is 17.7 Å². The van der Waals surface area contributed by atoms with Crippen LogP contribution in [-0.4, -0.2) is 24.1 Å². The Labute approximate surface area is 114 Å². The molecule has 100 valence electrons. The zero-order valence-corrected chi connectivity index (χ0v) is 12.4. The van der Waals surface area contributed by atoms with Crippen LogP contribution < -0.4 is 10.6 Å². The quantitative estimate of drug-likeness (QED) is 0.855. The molecule has 0 spiro atoms. The number of urea groups is 1. The van der Waals surface area contributed by atoms with Crippen molar-refractivity contribution in [2.75, 3.05) is 17.3 Å². The molecule has 0 fully saturated rings. The van der Waals surface area contributed by atoms with Gasteiger partial charge in [-0.05, 0) is 50.8 Å². The molecule has 0 bridgehead atoms. The lowest BCUT2D eigenvalue weighted by Gasteiger charge is -2.15. The summed E-state index contributed by atoms with van der Waals surface area (Å²) in [5.74, 6) is 1.06. The SMILES string of the molecule is CSCC[C@@H](C)NC(=O)Nc1ccc(C)cc1C. The van der Waals surface area contributed by atoms with E-state index in [0.717, 1.165) is 23.4 Å². The van der Waals surface area contributed by atoms with E-state index in [2.05, 4.69) is 23.0 Å². The van der Waals surface area contributed by atoms with Gasteiger partial charge in [0, 0.05) is 11.7 Å². The number of anilines is 1. The second-order valence-electron chi connectivity index (χ2n) is 4.60. The van der Waals surface area contributed by atoms with Gasteiger partial charge < -0.3 is 10.6 Å². The molecule has 1 rings (SSSR count). The highest BCUT2D eigenvalue weighted by Crippen LogP contribution is 2.15. The highest BCUT2D eigenvalue weighted by atomic mass is 32.2. The van der Waals surface area contributed by atoms with Gasteiger partial charge in [0.2, 0.25) is 0 Å². The molecule has 0 unspecified atom stereocenters. The Balaban J connectivity index is 2.49. The Bertz CT molecular complexity index is 407. The van der Waals surface area contributed by atoms with Crippen molar-refractivity contribution in [3.8, 4) is 0 Å². The topological polar surface area (TPSA) is 41.1 Å². The van der Waals surface area contributed by atoms with Crippen molar-refractivity contribution in [1.82, 2.24) is 5.32 Å². The third-order valence-electron chi connectivity index (χ3n) is 2.76. The van der Waals surface area contributed by atoms with Crippen LogP contribution in [0.3, 0.4) is 0 Å². The van der Waals surface area contributed by atoms with Crippen molar-refractivity contribution in [2.45, 2.75) is 33.2 Å². The molecule has 0 heterocycles. The van der Waals surface area contributed by atoms with E-state index in [0.29, 0.717) is 0 Å². The maximum atomic E-state index is 11.8. The van der Waals surface area contributed by atoms with E-state index < -0.39 is 0 Å². The molecule has 0 saturated heterocycles. The zero-order valence-electron chi connectivity index (χ0n) is 11.5. The van der Waals surface area contributed by atoms with Crippen LogP contribution in [0.25, 0.3) is 0 Å². The van der Waals surface area contributed by atoms with Crippen molar-refractivity contribution in [1.29, 1.82) is 0 Å². The predicted octanol–water partition coefficient (Wildman–Crippen LogP) is 3.57. The fourth-order valence-electron chi connectivity index (χ4n) is 1.70. The van der Waals surface area contributed by atoms with Crippen LogP contribution in [0.15, 0.2) is 18.2 Å². The van der Waals surface area contributed by atoms with Crippen LogP contribution in [0.2, 0.25) is 0 Å². The molecule has 3 nitrogen and oxygen atoms in total. The number of hydrogen-bond donors (Lipinski definition) is 2. The molecule has 1 aromatic carbocycles. The second kappa shape index (κ2) is 7.31. The van der Waals surface area contributed by atoms with Crippen molar-refractivity contribution in [3.63, 3.8) is 0 Å². The fourth-order valence-corrected chi connectivity index (χ4v) is 2.29. The van der Waals surface area contributed by atoms with Crippen molar-refractivity contribution in [2.24, 2.45) is 0 Å². The van der Waals surface area contributed by atoms with E-state index in [9.17, 15) is 4.79 Å². The van der Waals surface area contributed by atoms with Gasteiger partial charge in [0.1, 0.15) is 0 Å². The van der Waals surface area contributed by atoms with Crippen LogP contribution in [0, 0.1) is 13.8 Å². The lowest BCUT2D eigenvalue weighted by atomic mass is 10.1. The summed E-state index contributed by atoms with van der Waals surface area (Å²) in [6.07, 6.45) is 3.06. The third kappa shape index (κ3) is 5.00. The first-order chi connectivity index (χ1) is 8.52. The Morgan fingerprint density at radius 3 is 2.72 bits per heavy atom. The zero-order chi connectivity index (χ0) is 13.5. The second-order valence-corrected chi connectivity index (χ2v) is 5.58. The Morgan fingerprint density at radius 1 is 1.39 bits per heavy atom. The largest absolute Gasteiger partial charge is 0.335 e. The lowest BCUT2D eigenvalue weighted by Crippen LogP contribution is -2.36.